The third-order valence-electron chi connectivity index (χ3n) is 4.78. The standard InChI is InChI=1S/C21H32O7S/c1-2-3-4-5-6-10-13-25-20-18(24)19(17(23)16(14-22)27-20)28-21(29)26-15-11-8-7-9-12-15/h7-9,11-12,16-20,22-24H,2-6,10,13-14H2,1H3/t16-,17-,18+,19+,20-/m1/s1. The summed E-state index contributed by atoms with van der Waals surface area (Å²) in [5, 5.41) is 30.2. The quantitative estimate of drug-likeness (QED) is 0.365. The Bertz CT molecular complexity index is 586. The highest BCUT2D eigenvalue weighted by Crippen LogP contribution is 2.25. The molecule has 2 rings (SSSR count). The summed E-state index contributed by atoms with van der Waals surface area (Å²) in [5.74, 6) is 0.475. The van der Waals surface area contributed by atoms with Gasteiger partial charge in [0.2, 0.25) is 0 Å². The van der Waals surface area contributed by atoms with Crippen molar-refractivity contribution < 1.29 is 34.3 Å². The first-order chi connectivity index (χ1) is 14.1. The Hall–Kier alpha value is -1.29. The zero-order valence-electron chi connectivity index (χ0n) is 16.8. The highest BCUT2D eigenvalue weighted by molar-refractivity contribution is 7.79. The first-order valence-corrected chi connectivity index (χ1v) is 10.6. The third kappa shape index (κ3) is 7.81. The van der Waals surface area contributed by atoms with Crippen LogP contribution in [0.25, 0.3) is 0 Å². The van der Waals surface area contributed by atoms with Gasteiger partial charge in [0, 0.05) is 18.8 Å². The van der Waals surface area contributed by atoms with E-state index in [1.54, 1.807) is 24.3 Å². The fourth-order valence-corrected chi connectivity index (χ4v) is 3.34. The number of aliphatic hydroxyl groups excluding tert-OH is 3. The summed E-state index contributed by atoms with van der Waals surface area (Å²) in [7, 11) is 0. The Labute approximate surface area is 177 Å². The summed E-state index contributed by atoms with van der Waals surface area (Å²) >= 11 is 5.08. The second-order valence-electron chi connectivity index (χ2n) is 7.09. The van der Waals surface area contributed by atoms with Gasteiger partial charge in [0.1, 0.15) is 24.1 Å². The molecule has 164 valence electrons. The zero-order chi connectivity index (χ0) is 21.1. The van der Waals surface area contributed by atoms with Gasteiger partial charge >= 0.3 is 5.24 Å². The van der Waals surface area contributed by atoms with E-state index in [0.29, 0.717) is 12.4 Å². The molecule has 0 spiro atoms. The van der Waals surface area contributed by atoms with Crippen molar-refractivity contribution in [3.8, 4) is 5.75 Å². The number of aliphatic hydroxyl groups is 3. The topological polar surface area (TPSA) is 97.6 Å². The molecule has 1 aromatic rings. The van der Waals surface area contributed by atoms with Crippen LogP contribution in [0.3, 0.4) is 0 Å². The molecule has 7 nitrogen and oxygen atoms in total. The minimum Gasteiger partial charge on any atom is -0.447 e. The first-order valence-electron chi connectivity index (χ1n) is 10.2. The smallest absolute Gasteiger partial charge is 0.358 e. The number of unbranched alkanes of at least 4 members (excludes halogenated alkanes) is 5. The number of benzene rings is 1. The van der Waals surface area contributed by atoms with Crippen LogP contribution in [0.2, 0.25) is 0 Å². The number of hydrogen-bond donors (Lipinski definition) is 3. The van der Waals surface area contributed by atoms with Crippen LogP contribution in [-0.2, 0) is 14.2 Å². The molecule has 0 aromatic heterocycles. The van der Waals surface area contributed by atoms with Crippen LogP contribution in [0.15, 0.2) is 30.3 Å². The largest absolute Gasteiger partial charge is 0.447 e. The number of hydrogen-bond acceptors (Lipinski definition) is 8. The molecular formula is C21H32O7S. The summed E-state index contributed by atoms with van der Waals surface area (Å²) in [6.45, 7) is 2.13. The van der Waals surface area contributed by atoms with E-state index < -0.39 is 37.3 Å². The average molecular weight is 429 g/mol. The molecule has 0 bridgehead atoms. The van der Waals surface area contributed by atoms with Gasteiger partial charge in [0.05, 0.1) is 6.61 Å². The van der Waals surface area contributed by atoms with Crippen LogP contribution in [0.5, 0.6) is 5.75 Å². The van der Waals surface area contributed by atoms with E-state index in [9.17, 15) is 15.3 Å². The number of ether oxygens (including phenoxy) is 4. The van der Waals surface area contributed by atoms with Crippen LogP contribution in [-0.4, -0.2) is 64.5 Å². The van der Waals surface area contributed by atoms with Gasteiger partial charge in [0.25, 0.3) is 0 Å². The van der Waals surface area contributed by atoms with Gasteiger partial charge in [-0.05, 0) is 18.6 Å². The molecule has 1 fully saturated rings. The molecule has 1 aliphatic heterocycles. The normalized spacial score (nSPS) is 26.8. The van der Waals surface area contributed by atoms with E-state index in [1.165, 1.54) is 19.3 Å². The summed E-state index contributed by atoms with van der Waals surface area (Å²) in [6.07, 6.45) is 0.915. The van der Waals surface area contributed by atoms with E-state index in [0.717, 1.165) is 19.3 Å². The van der Waals surface area contributed by atoms with E-state index >= 15 is 0 Å². The van der Waals surface area contributed by atoms with Gasteiger partial charge in [-0.3, -0.25) is 0 Å². The fraction of sp³-hybridized carbons (Fsp3) is 0.667. The van der Waals surface area contributed by atoms with Crippen LogP contribution in [0.1, 0.15) is 45.4 Å². The van der Waals surface area contributed by atoms with Gasteiger partial charge in [-0.2, -0.15) is 0 Å². The monoisotopic (exact) mass is 428 g/mol. The predicted octanol–water partition coefficient (Wildman–Crippen LogP) is 2.55. The fourth-order valence-electron chi connectivity index (χ4n) is 3.13. The molecular weight excluding hydrogens is 396 g/mol. The maximum absolute atomic E-state index is 10.6. The van der Waals surface area contributed by atoms with E-state index in [4.69, 9.17) is 31.2 Å². The lowest BCUT2D eigenvalue weighted by Crippen LogP contribution is -2.60. The lowest BCUT2D eigenvalue weighted by atomic mass is 9.99. The first kappa shape index (κ1) is 24.0. The molecule has 29 heavy (non-hydrogen) atoms. The maximum Gasteiger partial charge on any atom is 0.358 e. The SMILES string of the molecule is CCCCCCCCO[C@@H]1O[C@H](CO)[C@@H](O)[C@H](OC(=S)Oc2ccccc2)[C@@H]1O. The minimum atomic E-state index is -1.29. The Morgan fingerprint density at radius 1 is 1.03 bits per heavy atom. The van der Waals surface area contributed by atoms with Crippen molar-refractivity contribution in [1.29, 1.82) is 0 Å². The van der Waals surface area contributed by atoms with E-state index in [-0.39, 0.29) is 5.24 Å². The molecule has 1 saturated heterocycles. The summed E-state index contributed by atoms with van der Waals surface area (Å²) in [6, 6.07) is 8.80. The van der Waals surface area contributed by atoms with Gasteiger partial charge in [-0.25, -0.2) is 0 Å². The molecule has 0 saturated carbocycles. The lowest BCUT2D eigenvalue weighted by Gasteiger charge is -2.41. The average Bonchev–Trinajstić information content (AvgIpc) is 2.72. The molecule has 1 heterocycles. The summed E-state index contributed by atoms with van der Waals surface area (Å²) in [5.41, 5.74) is 0. The van der Waals surface area contributed by atoms with Gasteiger partial charge in [0.15, 0.2) is 12.4 Å². The van der Waals surface area contributed by atoms with Crippen LogP contribution in [0, 0.1) is 0 Å². The third-order valence-corrected chi connectivity index (χ3v) is 4.96. The van der Waals surface area contributed by atoms with Crippen molar-refractivity contribution in [1.82, 2.24) is 0 Å². The molecule has 0 aliphatic carbocycles. The second-order valence-corrected chi connectivity index (χ2v) is 7.43. The second kappa shape index (κ2) is 13.1. The Kier molecular flexibility index (Phi) is 10.8. The van der Waals surface area contributed by atoms with Crippen LogP contribution < -0.4 is 4.74 Å². The van der Waals surface area contributed by atoms with Crippen LogP contribution in [0.4, 0.5) is 0 Å². The molecule has 5 atom stereocenters. The van der Waals surface area contributed by atoms with Crippen molar-refractivity contribution in [3.05, 3.63) is 30.3 Å². The molecule has 0 amide bonds. The van der Waals surface area contributed by atoms with Gasteiger partial charge in [-0.1, -0.05) is 57.2 Å². The Balaban J connectivity index is 1.86. The van der Waals surface area contributed by atoms with E-state index in [2.05, 4.69) is 6.92 Å². The van der Waals surface area contributed by atoms with Crippen molar-refractivity contribution in [2.24, 2.45) is 0 Å². The summed E-state index contributed by atoms with van der Waals surface area (Å²) in [4.78, 5) is 0. The lowest BCUT2D eigenvalue weighted by molar-refractivity contribution is -0.299. The molecule has 0 unspecified atom stereocenters. The minimum absolute atomic E-state index is 0.243. The Morgan fingerprint density at radius 3 is 2.41 bits per heavy atom. The molecule has 1 aliphatic rings. The highest BCUT2D eigenvalue weighted by Gasteiger charge is 2.47. The number of para-hydroxylation sites is 1. The molecule has 8 heteroatoms. The van der Waals surface area contributed by atoms with Gasteiger partial charge < -0.3 is 34.3 Å². The van der Waals surface area contributed by atoms with Gasteiger partial charge in [-0.15, -0.1) is 0 Å². The number of rotatable bonds is 11. The summed E-state index contributed by atoms with van der Waals surface area (Å²) < 4.78 is 22.1. The molecule has 3 N–H and O–H groups in total. The highest BCUT2D eigenvalue weighted by atomic mass is 32.1. The van der Waals surface area contributed by atoms with Crippen LogP contribution >= 0.6 is 12.2 Å². The van der Waals surface area contributed by atoms with E-state index in [1.807, 2.05) is 6.07 Å². The molecule has 1 aromatic carbocycles. The van der Waals surface area contributed by atoms with Crippen molar-refractivity contribution in [3.63, 3.8) is 0 Å². The van der Waals surface area contributed by atoms with Crippen molar-refractivity contribution in [2.75, 3.05) is 13.2 Å². The zero-order valence-corrected chi connectivity index (χ0v) is 17.6. The molecule has 0 radical (unpaired) electrons. The predicted molar refractivity (Wildman–Crippen MR) is 112 cm³/mol. The van der Waals surface area contributed by atoms with Crippen molar-refractivity contribution >= 4 is 17.5 Å². The number of thiocarbonyl (C=S) groups is 1. The Morgan fingerprint density at radius 2 is 1.72 bits per heavy atom. The van der Waals surface area contributed by atoms with Crippen molar-refractivity contribution in [2.45, 2.75) is 76.2 Å². The maximum atomic E-state index is 10.6.